The van der Waals surface area contributed by atoms with Crippen LogP contribution in [0.25, 0.3) is 0 Å². The SMILES string of the molecule is CCCCc1ccc(C(C(C)=O)c2ccccc2)cc1.CCCc1ccc(C(C(C)=O)c2ccc(Cl)cc2)cc1. The molecule has 0 radical (unpaired) electrons. The first-order valence-electron chi connectivity index (χ1n) is 14.3. The average molecular weight is 553 g/mol. The smallest absolute Gasteiger partial charge is 0.141 e. The molecule has 208 valence electrons. The fourth-order valence-corrected chi connectivity index (χ4v) is 5.17. The van der Waals surface area contributed by atoms with Crippen molar-refractivity contribution in [1.82, 2.24) is 0 Å². The third kappa shape index (κ3) is 9.03. The minimum atomic E-state index is -0.206. The fourth-order valence-electron chi connectivity index (χ4n) is 5.05. The van der Waals surface area contributed by atoms with Crippen LogP contribution in [0.5, 0.6) is 0 Å². The largest absolute Gasteiger partial charge is 0.299 e. The highest BCUT2D eigenvalue weighted by atomic mass is 35.5. The van der Waals surface area contributed by atoms with Crippen molar-refractivity contribution in [2.24, 2.45) is 0 Å². The minimum Gasteiger partial charge on any atom is -0.299 e. The minimum absolute atomic E-state index is 0.142. The molecule has 0 aliphatic carbocycles. The number of hydrogen-bond donors (Lipinski definition) is 0. The summed E-state index contributed by atoms with van der Waals surface area (Å²) in [5, 5.41) is 0.689. The third-order valence-corrected chi connectivity index (χ3v) is 7.39. The van der Waals surface area contributed by atoms with Crippen LogP contribution in [0.2, 0.25) is 5.02 Å². The van der Waals surface area contributed by atoms with E-state index in [0.717, 1.165) is 41.5 Å². The zero-order valence-electron chi connectivity index (χ0n) is 24.2. The van der Waals surface area contributed by atoms with Gasteiger partial charge in [-0.25, -0.2) is 0 Å². The van der Waals surface area contributed by atoms with Gasteiger partial charge in [0.15, 0.2) is 0 Å². The molecule has 40 heavy (non-hydrogen) atoms. The summed E-state index contributed by atoms with van der Waals surface area (Å²) >= 11 is 5.91. The Balaban J connectivity index is 0.000000220. The Kier molecular flexibility index (Phi) is 12.4. The van der Waals surface area contributed by atoms with E-state index in [1.54, 1.807) is 13.8 Å². The van der Waals surface area contributed by atoms with E-state index >= 15 is 0 Å². The summed E-state index contributed by atoms with van der Waals surface area (Å²) in [6, 6.07) is 34.4. The van der Waals surface area contributed by atoms with Crippen molar-refractivity contribution in [3.8, 4) is 0 Å². The molecule has 0 heterocycles. The second-order valence-electron chi connectivity index (χ2n) is 10.4. The van der Waals surface area contributed by atoms with Gasteiger partial charge in [0.1, 0.15) is 11.6 Å². The van der Waals surface area contributed by atoms with Gasteiger partial charge in [-0.2, -0.15) is 0 Å². The summed E-state index contributed by atoms with van der Waals surface area (Å²) in [7, 11) is 0. The lowest BCUT2D eigenvalue weighted by Crippen LogP contribution is -2.10. The van der Waals surface area contributed by atoms with Gasteiger partial charge in [0.2, 0.25) is 0 Å². The Labute approximate surface area is 245 Å². The maximum atomic E-state index is 12.0. The van der Waals surface area contributed by atoms with Crippen molar-refractivity contribution >= 4 is 23.2 Å². The topological polar surface area (TPSA) is 34.1 Å². The van der Waals surface area contributed by atoms with Crippen LogP contribution in [-0.2, 0) is 22.4 Å². The zero-order valence-corrected chi connectivity index (χ0v) is 25.0. The summed E-state index contributed by atoms with van der Waals surface area (Å²) in [6.07, 6.45) is 5.75. The molecule has 0 bridgehead atoms. The summed E-state index contributed by atoms with van der Waals surface area (Å²) < 4.78 is 0. The molecule has 2 unspecified atom stereocenters. The van der Waals surface area contributed by atoms with E-state index < -0.39 is 0 Å². The van der Waals surface area contributed by atoms with E-state index in [0.29, 0.717) is 5.02 Å². The van der Waals surface area contributed by atoms with Crippen molar-refractivity contribution in [1.29, 1.82) is 0 Å². The van der Waals surface area contributed by atoms with Gasteiger partial charge in [0, 0.05) is 5.02 Å². The normalized spacial score (nSPS) is 12.1. The lowest BCUT2D eigenvalue weighted by atomic mass is 9.87. The van der Waals surface area contributed by atoms with E-state index in [1.165, 1.54) is 24.0 Å². The first-order chi connectivity index (χ1) is 19.3. The molecular weight excluding hydrogens is 512 g/mol. The van der Waals surface area contributed by atoms with Gasteiger partial charge >= 0.3 is 0 Å². The molecule has 0 aliphatic rings. The van der Waals surface area contributed by atoms with Gasteiger partial charge in [-0.05, 0) is 78.6 Å². The molecule has 0 saturated carbocycles. The number of hydrogen-bond acceptors (Lipinski definition) is 2. The highest BCUT2D eigenvalue weighted by molar-refractivity contribution is 6.30. The van der Waals surface area contributed by atoms with Crippen molar-refractivity contribution in [2.75, 3.05) is 0 Å². The molecule has 0 fully saturated rings. The standard InChI is InChI=1S/C19H22O.C18H19ClO/c1-3-4-8-16-11-13-18(14-12-16)19(15(2)20)17-9-6-5-7-10-17;1-3-4-14-5-7-15(8-6-14)18(13(2)20)16-9-11-17(19)12-10-16/h5-7,9-14,19H,3-4,8H2,1-2H3;5-12,18H,3-4H2,1-2H3. The molecule has 0 amide bonds. The van der Waals surface area contributed by atoms with E-state index in [9.17, 15) is 9.59 Å². The van der Waals surface area contributed by atoms with E-state index in [1.807, 2.05) is 54.6 Å². The molecule has 0 spiro atoms. The number of rotatable bonds is 11. The summed E-state index contributed by atoms with van der Waals surface area (Å²) in [6.45, 7) is 7.68. The first-order valence-corrected chi connectivity index (χ1v) is 14.7. The number of unbranched alkanes of at least 4 members (excludes halogenated alkanes) is 1. The quantitative estimate of drug-likeness (QED) is 0.185. The zero-order chi connectivity index (χ0) is 28.9. The molecule has 0 N–H and O–H groups in total. The second-order valence-corrected chi connectivity index (χ2v) is 10.8. The molecule has 2 atom stereocenters. The molecule has 0 aromatic heterocycles. The van der Waals surface area contributed by atoms with Crippen LogP contribution in [0.4, 0.5) is 0 Å². The number of Topliss-reactive ketones (excluding diaryl/α,β-unsaturated/α-hetero) is 2. The molecule has 3 heteroatoms. The maximum absolute atomic E-state index is 12.0. The van der Waals surface area contributed by atoms with Crippen LogP contribution >= 0.6 is 11.6 Å². The Bertz CT molecular complexity index is 1320. The molecule has 0 aliphatic heterocycles. The Hall–Kier alpha value is -3.49. The Morgan fingerprint density at radius 3 is 1.35 bits per heavy atom. The van der Waals surface area contributed by atoms with Crippen LogP contribution in [0.15, 0.2) is 103 Å². The monoisotopic (exact) mass is 552 g/mol. The number of ketones is 2. The molecule has 0 saturated heterocycles. The van der Waals surface area contributed by atoms with E-state index in [2.05, 4.69) is 62.4 Å². The Morgan fingerprint density at radius 2 is 0.950 bits per heavy atom. The Morgan fingerprint density at radius 1 is 0.550 bits per heavy atom. The molecule has 2 nitrogen and oxygen atoms in total. The number of benzene rings is 4. The van der Waals surface area contributed by atoms with E-state index in [4.69, 9.17) is 11.6 Å². The van der Waals surface area contributed by atoms with Gasteiger partial charge < -0.3 is 0 Å². The lowest BCUT2D eigenvalue weighted by molar-refractivity contribution is -0.118. The second kappa shape index (κ2) is 15.9. The average Bonchev–Trinajstić information content (AvgIpc) is 2.96. The number of halogens is 1. The predicted molar refractivity (Wildman–Crippen MR) is 168 cm³/mol. The number of carbonyl (C=O) groups is 2. The predicted octanol–water partition coefficient (Wildman–Crippen LogP) is 9.76. The lowest BCUT2D eigenvalue weighted by Gasteiger charge is -2.15. The highest BCUT2D eigenvalue weighted by Crippen LogP contribution is 2.28. The van der Waals surface area contributed by atoms with Crippen molar-refractivity contribution in [2.45, 2.75) is 71.6 Å². The molecule has 4 aromatic carbocycles. The maximum Gasteiger partial charge on any atom is 0.141 e. The van der Waals surface area contributed by atoms with Crippen LogP contribution < -0.4 is 0 Å². The van der Waals surface area contributed by atoms with Crippen molar-refractivity contribution in [3.63, 3.8) is 0 Å². The summed E-state index contributed by atoms with van der Waals surface area (Å²) in [5.41, 5.74) is 6.86. The number of carbonyl (C=O) groups excluding carboxylic acids is 2. The highest BCUT2D eigenvalue weighted by Gasteiger charge is 2.19. The first kappa shape index (κ1) is 31.0. The molecular formula is C37H41ClO2. The van der Waals surface area contributed by atoms with Crippen LogP contribution in [0, 0.1) is 0 Å². The van der Waals surface area contributed by atoms with Gasteiger partial charge in [-0.3, -0.25) is 9.59 Å². The van der Waals surface area contributed by atoms with Crippen molar-refractivity contribution in [3.05, 3.63) is 142 Å². The molecule has 4 rings (SSSR count). The van der Waals surface area contributed by atoms with Gasteiger partial charge in [0.05, 0.1) is 11.8 Å². The summed E-state index contributed by atoms with van der Waals surface area (Å²) in [5.74, 6) is -0.00700. The van der Waals surface area contributed by atoms with E-state index in [-0.39, 0.29) is 23.4 Å². The van der Waals surface area contributed by atoms with Crippen LogP contribution in [0.3, 0.4) is 0 Å². The number of aryl methyl sites for hydroxylation is 2. The van der Waals surface area contributed by atoms with Crippen LogP contribution in [-0.4, -0.2) is 11.6 Å². The third-order valence-electron chi connectivity index (χ3n) is 7.13. The van der Waals surface area contributed by atoms with Gasteiger partial charge in [-0.1, -0.05) is 129 Å². The molecule has 4 aromatic rings. The van der Waals surface area contributed by atoms with Gasteiger partial charge in [-0.15, -0.1) is 0 Å². The van der Waals surface area contributed by atoms with Crippen LogP contribution in [0.1, 0.15) is 92.2 Å². The fraction of sp³-hybridized carbons (Fsp3) is 0.297. The van der Waals surface area contributed by atoms with Gasteiger partial charge in [0.25, 0.3) is 0 Å². The summed E-state index contributed by atoms with van der Waals surface area (Å²) in [4.78, 5) is 24.0. The van der Waals surface area contributed by atoms with Crippen molar-refractivity contribution < 1.29 is 9.59 Å².